The normalized spacial score (nSPS) is 1.50. The fraction of sp³-hybridized carbons (Fsp3) is 0. The van der Waals surface area contributed by atoms with Crippen LogP contribution in [0.3, 0.4) is 0 Å². The molecule has 0 spiro atoms. The first-order valence-electron chi connectivity index (χ1n) is 0.123. The maximum absolute atomic E-state index is 7.81. The monoisotopic (exact) mass is 179 g/mol. The Morgan fingerprint density at radius 2 is 1.25 bits per heavy atom. The molecule has 4 heteroatoms. The third-order valence-electron chi connectivity index (χ3n) is 0. The van der Waals surface area contributed by atoms with Crippen molar-refractivity contribution in [3.05, 3.63) is 0 Å². The van der Waals surface area contributed by atoms with E-state index < -0.39 is 0 Å². The summed E-state index contributed by atoms with van der Waals surface area (Å²) in [5, 5.41) is 0. The van der Waals surface area contributed by atoms with Crippen LogP contribution in [0.5, 0.6) is 0 Å². The SMILES string of the molecule is [B].[O]=[Cu].[Y]. The van der Waals surface area contributed by atoms with Gasteiger partial charge in [-0.15, -0.1) is 0 Å². The summed E-state index contributed by atoms with van der Waals surface area (Å²) in [6.45, 7) is 0. The van der Waals surface area contributed by atoms with Gasteiger partial charge in [-0.2, -0.15) is 0 Å². The van der Waals surface area contributed by atoms with Gasteiger partial charge in [-0.25, -0.2) is 0 Å². The predicted octanol–water partition coefficient (Wildman–Crippen LogP) is -0.505. The molecule has 0 aliphatic rings. The van der Waals surface area contributed by atoms with Crippen LogP contribution in [-0.4, -0.2) is 8.41 Å². The van der Waals surface area contributed by atoms with Crippen molar-refractivity contribution in [2.24, 2.45) is 0 Å². The van der Waals surface area contributed by atoms with Gasteiger partial charge in [-0.05, 0) is 0 Å². The van der Waals surface area contributed by atoms with Crippen LogP contribution in [0.4, 0.5) is 0 Å². The van der Waals surface area contributed by atoms with E-state index in [2.05, 4.69) is 15.9 Å². The molecule has 0 saturated carbocycles. The molecule has 0 aromatic carbocycles. The third-order valence-corrected chi connectivity index (χ3v) is 0. The first-order valence-corrected chi connectivity index (χ1v) is 0.508. The number of rotatable bonds is 0. The molecule has 0 N–H and O–H groups in total. The fourth-order valence-corrected chi connectivity index (χ4v) is 0. The second-order valence-electron chi connectivity index (χ2n) is 0. The summed E-state index contributed by atoms with van der Waals surface area (Å²) in [7, 11) is 0. The molecular weight excluding hydrogens is 179 g/mol. The fourth-order valence-electron chi connectivity index (χ4n) is 0. The molecule has 23 valence electrons. The Hall–Kier alpha value is 1.49. The molecule has 0 bridgehead atoms. The van der Waals surface area contributed by atoms with Gasteiger partial charge in [0.25, 0.3) is 0 Å². The van der Waals surface area contributed by atoms with Crippen molar-refractivity contribution in [3.63, 3.8) is 0 Å². The second-order valence-corrected chi connectivity index (χ2v) is 0. The maximum Gasteiger partial charge on any atom is 0 e. The Morgan fingerprint density at radius 3 is 1.25 bits per heavy atom. The molecule has 0 atom stereocenters. The summed E-state index contributed by atoms with van der Waals surface area (Å²) in [4.78, 5) is 0. The molecule has 0 aromatic rings. The Bertz CT molecular complexity index is 8.00. The van der Waals surface area contributed by atoms with E-state index in [0.29, 0.717) is 0 Å². The van der Waals surface area contributed by atoms with Gasteiger partial charge in [0.15, 0.2) is 0 Å². The van der Waals surface area contributed by atoms with E-state index in [4.69, 9.17) is 3.83 Å². The molecule has 0 unspecified atom stereocenters. The molecule has 0 aliphatic carbocycles. The topological polar surface area (TPSA) is 17.1 Å². The third kappa shape index (κ3) is 9.75. The Morgan fingerprint density at radius 1 is 1.25 bits per heavy atom. The van der Waals surface area contributed by atoms with E-state index in [1.54, 1.807) is 0 Å². The first kappa shape index (κ1) is 17.9. The molecule has 0 fully saturated rings. The quantitative estimate of drug-likeness (QED) is 0.458. The van der Waals surface area contributed by atoms with E-state index in [-0.39, 0.29) is 41.1 Å². The minimum atomic E-state index is 0. The van der Waals surface area contributed by atoms with E-state index in [0.717, 1.165) is 0 Å². The zero-order chi connectivity index (χ0) is 2.00. The van der Waals surface area contributed by atoms with Crippen molar-refractivity contribution in [1.29, 1.82) is 0 Å². The summed E-state index contributed by atoms with van der Waals surface area (Å²) < 4.78 is 7.81. The minimum Gasteiger partial charge on any atom is 0 e. The predicted molar refractivity (Wildman–Crippen MR) is 6.44 cm³/mol. The van der Waals surface area contributed by atoms with E-state index in [1.807, 2.05) is 0 Å². The van der Waals surface area contributed by atoms with Crippen molar-refractivity contribution in [2.75, 3.05) is 0 Å². The molecule has 4 heavy (non-hydrogen) atoms. The summed E-state index contributed by atoms with van der Waals surface area (Å²) in [5.74, 6) is 0. The summed E-state index contributed by atoms with van der Waals surface area (Å²) in [6, 6.07) is 0. The van der Waals surface area contributed by atoms with Crippen LogP contribution in [0.25, 0.3) is 0 Å². The van der Waals surface area contributed by atoms with Crippen molar-refractivity contribution < 1.29 is 52.5 Å². The van der Waals surface area contributed by atoms with Crippen molar-refractivity contribution in [2.45, 2.75) is 0 Å². The average Bonchev–Trinajstić information content (AvgIpc) is 1.00. The molecule has 4 radical (unpaired) electrons. The Kier molecular flexibility index (Phi) is 110. The molecule has 0 rings (SSSR count). The van der Waals surface area contributed by atoms with E-state index in [1.165, 1.54) is 0 Å². The minimum absolute atomic E-state index is 0. The van der Waals surface area contributed by atoms with Gasteiger partial charge in [-0.1, -0.05) is 0 Å². The zero-order valence-corrected chi connectivity index (χ0v) is 5.64. The van der Waals surface area contributed by atoms with Crippen LogP contribution in [0.2, 0.25) is 0 Å². The van der Waals surface area contributed by atoms with E-state index >= 15 is 0 Å². The Labute approximate surface area is 60.4 Å². The molecule has 0 aliphatic heterocycles. The number of hydrogen-bond acceptors (Lipinski definition) is 1. The molecule has 0 amide bonds. The van der Waals surface area contributed by atoms with Crippen molar-refractivity contribution in [1.82, 2.24) is 0 Å². The molecule has 0 aromatic heterocycles. The molecular formula is BCuOY. The molecule has 0 saturated heterocycles. The van der Waals surface area contributed by atoms with Crippen LogP contribution in [0, 0.1) is 0 Å². The van der Waals surface area contributed by atoms with Crippen LogP contribution < -0.4 is 0 Å². The standard InChI is InChI=1S/B.Cu.O.Y. The zero-order valence-electron chi connectivity index (χ0n) is 1.86. The van der Waals surface area contributed by atoms with Crippen molar-refractivity contribution >= 4 is 8.41 Å². The molecule has 0 heterocycles. The largest absolute Gasteiger partial charge is 0 e. The summed E-state index contributed by atoms with van der Waals surface area (Å²) in [5.41, 5.74) is 0. The maximum atomic E-state index is 7.81. The van der Waals surface area contributed by atoms with Gasteiger partial charge in [0.05, 0.1) is 0 Å². The second kappa shape index (κ2) is 24.7. The Balaban J connectivity index is -0.00000000500. The number of hydrogen-bond donors (Lipinski definition) is 0. The van der Waals surface area contributed by atoms with Gasteiger partial charge in [-0.3, -0.25) is 0 Å². The van der Waals surface area contributed by atoms with Gasteiger partial charge in [0, 0.05) is 41.1 Å². The summed E-state index contributed by atoms with van der Waals surface area (Å²) in [6.07, 6.45) is 0. The van der Waals surface area contributed by atoms with E-state index in [9.17, 15) is 0 Å². The van der Waals surface area contributed by atoms with Gasteiger partial charge >= 0.3 is 19.8 Å². The van der Waals surface area contributed by atoms with Crippen LogP contribution in [-0.2, 0) is 52.5 Å². The van der Waals surface area contributed by atoms with Gasteiger partial charge in [0.2, 0.25) is 0 Å². The van der Waals surface area contributed by atoms with Crippen LogP contribution in [0.15, 0.2) is 0 Å². The first-order chi connectivity index (χ1) is 1.00. The van der Waals surface area contributed by atoms with Gasteiger partial charge < -0.3 is 0 Å². The van der Waals surface area contributed by atoms with Crippen molar-refractivity contribution in [3.8, 4) is 0 Å². The van der Waals surface area contributed by atoms with Crippen LogP contribution in [0.1, 0.15) is 0 Å². The molecule has 1 nitrogen and oxygen atoms in total. The van der Waals surface area contributed by atoms with Crippen LogP contribution >= 0.6 is 0 Å². The summed E-state index contributed by atoms with van der Waals surface area (Å²) >= 11 is 2.94. The van der Waals surface area contributed by atoms with Gasteiger partial charge in [0.1, 0.15) is 0 Å². The smallest absolute Gasteiger partial charge is 0 e. The average molecular weight is 179 g/mol.